The number of hydrogen-bond acceptors (Lipinski definition) is 3. The molecule has 0 spiro atoms. The van der Waals surface area contributed by atoms with Crippen molar-refractivity contribution >= 4 is 6.09 Å². The Morgan fingerprint density at radius 2 is 1.88 bits per heavy atom. The summed E-state index contributed by atoms with van der Waals surface area (Å²) in [5.41, 5.74) is 1.92. The number of ether oxygens (including phenoxy) is 1. The van der Waals surface area contributed by atoms with Crippen molar-refractivity contribution in [3.63, 3.8) is 0 Å². The molecule has 1 amide bonds. The summed E-state index contributed by atoms with van der Waals surface area (Å²) in [6, 6.07) is 5.58. The third-order valence-corrected chi connectivity index (χ3v) is 4.84. The lowest BCUT2D eigenvalue weighted by atomic mass is 9.95. The summed E-state index contributed by atoms with van der Waals surface area (Å²) in [6.07, 6.45) is 2.65. The first kappa shape index (κ1) is 17.2. The molecular weight excluding hydrogens is 307 g/mol. The summed E-state index contributed by atoms with van der Waals surface area (Å²) >= 11 is 0. The maximum absolute atomic E-state index is 13.5. The van der Waals surface area contributed by atoms with Gasteiger partial charge in [-0.25, -0.2) is 9.18 Å². The van der Waals surface area contributed by atoms with Gasteiger partial charge in [-0.15, -0.1) is 0 Å². The summed E-state index contributed by atoms with van der Waals surface area (Å²) in [4.78, 5) is 16.4. The maximum atomic E-state index is 13.5. The summed E-state index contributed by atoms with van der Waals surface area (Å²) < 4.78 is 18.9. The zero-order valence-corrected chi connectivity index (χ0v) is 14.8. The molecule has 0 aromatic heterocycles. The van der Waals surface area contributed by atoms with Crippen LogP contribution in [0.2, 0.25) is 0 Å². The van der Waals surface area contributed by atoms with Gasteiger partial charge in [0.25, 0.3) is 0 Å². The van der Waals surface area contributed by atoms with E-state index in [0.717, 1.165) is 51.0 Å². The number of amides is 1. The number of benzene rings is 1. The lowest BCUT2D eigenvalue weighted by molar-refractivity contribution is 0.0134. The molecule has 1 aromatic carbocycles. The Hall–Kier alpha value is -1.62. The van der Waals surface area contributed by atoms with Crippen LogP contribution in [-0.4, -0.2) is 47.2 Å². The van der Waals surface area contributed by atoms with Crippen LogP contribution >= 0.6 is 0 Å². The minimum Gasteiger partial charge on any atom is -0.444 e. The van der Waals surface area contributed by atoms with Gasteiger partial charge in [0, 0.05) is 32.2 Å². The van der Waals surface area contributed by atoms with Crippen molar-refractivity contribution in [2.75, 3.05) is 19.6 Å². The highest BCUT2D eigenvalue weighted by molar-refractivity contribution is 5.68. The predicted molar refractivity (Wildman–Crippen MR) is 91.3 cm³/mol. The number of nitrogens with zero attached hydrogens (tertiary/aromatic N) is 2. The molecule has 0 N–H and O–H groups in total. The normalized spacial score (nSPS) is 19.9. The predicted octanol–water partition coefficient (Wildman–Crippen LogP) is 3.58. The van der Waals surface area contributed by atoms with Crippen LogP contribution in [0.5, 0.6) is 0 Å². The first-order valence-electron chi connectivity index (χ1n) is 8.81. The Kier molecular flexibility index (Phi) is 4.81. The number of fused-ring (bicyclic) bond motifs is 1. The van der Waals surface area contributed by atoms with Crippen LogP contribution in [0, 0.1) is 5.82 Å². The van der Waals surface area contributed by atoms with Crippen LogP contribution in [0.4, 0.5) is 9.18 Å². The number of carbonyl (C=O) groups excluding carboxylic acids is 1. The van der Waals surface area contributed by atoms with Gasteiger partial charge in [0.05, 0.1) is 0 Å². The van der Waals surface area contributed by atoms with E-state index in [9.17, 15) is 9.18 Å². The van der Waals surface area contributed by atoms with E-state index in [2.05, 4.69) is 4.90 Å². The molecule has 1 saturated heterocycles. The highest BCUT2D eigenvalue weighted by atomic mass is 19.1. The molecular formula is C19H27FN2O2. The van der Waals surface area contributed by atoms with Crippen LogP contribution < -0.4 is 0 Å². The zero-order valence-electron chi connectivity index (χ0n) is 14.8. The highest BCUT2D eigenvalue weighted by Gasteiger charge is 2.30. The van der Waals surface area contributed by atoms with Crippen LogP contribution in [0.25, 0.3) is 0 Å². The van der Waals surface area contributed by atoms with E-state index in [-0.39, 0.29) is 11.9 Å². The van der Waals surface area contributed by atoms with E-state index in [1.807, 2.05) is 26.8 Å². The molecule has 0 unspecified atom stereocenters. The quantitative estimate of drug-likeness (QED) is 0.787. The third-order valence-electron chi connectivity index (χ3n) is 4.84. The van der Waals surface area contributed by atoms with Gasteiger partial charge in [-0.3, -0.25) is 4.90 Å². The van der Waals surface area contributed by atoms with Crippen LogP contribution in [-0.2, 0) is 17.7 Å². The molecule has 1 fully saturated rings. The molecule has 2 heterocycles. The molecule has 0 bridgehead atoms. The van der Waals surface area contributed by atoms with Crippen LogP contribution in [0.1, 0.15) is 44.7 Å². The van der Waals surface area contributed by atoms with E-state index in [4.69, 9.17) is 4.74 Å². The molecule has 3 rings (SSSR count). The van der Waals surface area contributed by atoms with Gasteiger partial charge in [-0.05, 0) is 63.3 Å². The number of halogens is 1. The van der Waals surface area contributed by atoms with Gasteiger partial charge < -0.3 is 9.64 Å². The van der Waals surface area contributed by atoms with Crippen molar-refractivity contribution in [3.05, 3.63) is 35.1 Å². The summed E-state index contributed by atoms with van der Waals surface area (Å²) in [7, 11) is 0. The van der Waals surface area contributed by atoms with Gasteiger partial charge in [-0.1, -0.05) is 6.07 Å². The fourth-order valence-electron chi connectivity index (χ4n) is 3.60. The minimum atomic E-state index is -0.450. The summed E-state index contributed by atoms with van der Waals surface area (Å²) in [5, 5.41) is 0. The van der Waals surface area contributed by atoms with E-state index < -0.39 is 5.60 Å². The molecule has 0 atom stereocenters. The number of piperidine rings is 1. The molecule has 4 nitrogen and oxygen atoms in total. The van der Waals surface area contributed by atoms with E-state index >= 15 is 0 Å². The van der Waals surface area contributed by atoms with E-state index in [1.54, 1.807) is 17.0 Å². The van der Waals surface area contributed by atoms with Gasteiger partial charge in [0.2, 0.25) is 0 Å². The molecule has 5 heteroatoms. The number of rotatable bonds is 1. The second kappa shape index (κ2) is 6.71. The number of likely N-dealkylation sites (tertiary alicyclic amines) is 1. The SMILES string of the molecule is CC(C)(C)OC(=O)N1CCC(N2CCc3ccc(F)cc3C2)CC1. The van der Waals surface area contributed by atoms with Gasteiger partial charge in [0.15, 0.2) is 0 Å². The maximum Gasteiger partial charge on any atom is 0.410 e. The highest BCUT2D eigenvalue weighted by Crippen LogP contribution is 2.26. The lowest BCUT2D eigenvalue weighted by Gasteiger charge is -2.40. The lowest BCUT2D eigenvalue weighted by Crippen LogP contribution is -2.49. The second-order valence-electron chi connectivity index (χ2n) is 7.83. The molecule has 24 heavy (non-hydrogen) atoms. The Balaban J connectivity index is 1.55. The molecule has 1 aromatic rings. The standard InChI is InChI=1S/C19H27FN2O2/c1-19(2,3)24-18(23)21-10-7-17(8-11-21)22-9-6-14-4-5-16(20)12-15(14)13-22/h4-5,12,17H,6-11,13H2,1-3H3. The van der Waals surface area contributed by atoms with Crippen molar-refractivity contribution < 1.29 is 13.9 Å². The fraction of sp³-hybridized carbons (Fsp3) is 0.632. The first-order valence-corrected chi connectivity index (χ1v) is 8.81. The molecule has 132 valence electrons. The van der Waals surface area contributed by atoms with Crippen LogP contribution in [0.15, 0.2) is 18.2 Å². The average Bonchev–Trinajstić information content (AvgIpc) is 2.52. The van der Waals surface area contributed by atoms with Crippen molar-refractivity contribution in [2.45, 2.75) is 58.2 Å². The Labute approximate surface area is 143 Å². The molecule has 2 aliphatic rings. The Morgan fingerprint density at radius 3 is 2.54 bits per heavy atom. The molecule has 2 aliphatic heterocycles. The third kappa shape index (κ3) is 4.07. The molecule has 0 saturated carbocycles. The van der Waals surface area contributed by atoms with Gasteiger partial charge in [-0.2, -0.15) is 0 Å². The summed E-state index contributed by atoms with van der Waals surface area (Å²) in [6.45, 7) is 8.95. The van der Waals surface area contributed by atoms with E-state index in [1.165, 1.54) is 5.56 Å². The van der Waals surface area contributed by atoms with Crippen molar-refractivity contribution in [3.8, 4) is 0 Å². The fourth-order valence-corrected chi connectivity index (χ4v) is 3.60. The first-order chi connectivity index (χ1) is 11.3. The Bertz CT molecular complexity index is 604. The van der Waals surface area contributed by atoms with Crippen molar-refractivity contribution in [2.24, 2.45) is 0 Å². The summed E-state index contributed by atoms with van der Waals surface area (Å²) in [5.74, 6) is -0.157. The van der Waals surface area contributed by atoms with Crippen molar-refractivity contribution in [1.82, 2.24) is 9.80 Å². The average molecular weight is 334 g/mol. The van der Waals surface area contributed by atoms with Crippen LogP contribution in [0.3, 0.4) is 0 Å². The smallest absolute Gasteiger partial charge is 0.410 e. The Morgan fingerprint density at radius 1 is 1.17 bits per heavy atom. The van der Waals surface area contributed by atoms with Gasteiger partial charge >= 0.3 is 6.09 Å². The minimum absolute atomic E-state index is 0.157. The monoisotopic (exact) mass is 334 g/mol. The van der Waals surface area contributed by atoms with Gasteiger partial charge in [0.1, 0.15) is 11.4 Å². The van der Waals surface area contributed by atoms with Crippen molar-refractivity contribution in [1.29, 1.82) is 0 Å². The van der Waals surface area contributed by atoms with E-state index in [0.29, 0.717) is 6.04 Å². The number of hydrogen-bond donors (Lipinski definition) is 0. The zero-order chi connectivity index (χ0) is 17.3. The largest absolute Gasteiger partial charge is 0.444 e. The topological polar surface area (TPSA) is 32.8 Å². The second-order valence-corrected chi connectivity index (χ2v) is 7.83. The molecule has 0 radical (unpaired) electrons. The number of carbonyl (C=O) groups is 1. The molecule has 0 aliphatic carbocycles.